The maximum Gasteiger partial charge on any atom is 0.422 e. The smallest absolute Gasteiger partial charge is 0.205 e. The standard InChI is InChI=1S/C7F7/c8-2-1-3(9)5(10)6(11)4(2)7(12,13)14. The maximum atomic E-state index is 12.4. The van der Waals surface area contributed by atoms with Gasteiger partial charge in [-0.05, 0) is 0 Å². The van der Waals surface area contributed by atoms with Gasteiger partial charge in [0.2, 0.25) is 0 Å². The van der Waals surface area contributed by atoms with E-state index in [-0.39, 0.29) is 0 Å². The van der Waals surface area contributed by atoms with Gasteiger partial charge in [0.05, 0.1) is 6.07 Å². The summed E-state index contributed by atoms with van der Waals surface area (Å²) in [6, 6.07) is 0.786. The molecule has 0 aliphatic heterocycles. The fourth-order valence-electron chi connectivity index (χ4n) is 0.765. The minimum atomic E-state index is -5.43. The van der Waals surface area contributed by atoms with Gasteiger partial charge in [-0.25, -0.2) is 17.6 Å². The third kappa shape index (κ3) is 1.66. The lowest BCUT2D eigenvalue weighted by atomic mass is 10.2. The number of benzene rings is 1. The van der Waals surface area contributed by atoms with Gasteiger partial charge >= 0.3 is 6.18 Å². The number of halogens is 7. The minimum Gasteiger partial charge on any atom is -0.205 e. The number of rotatable bonds is 0. The molecule has 0 aliphatic rings. The van der Waals surface area contributed by atoms with Crippen LogP contribution < -0.4 is 0 Å². The summed E-state index contributed by atoms with van der Waals surface area (Å²) < 4.78 is 84.7. The SMILES string of the molecule is Fc1[c]c(F)c(C(F)(F)F)c(F)c1F. The van der Waals surface area contributed by atoms with Crippen LogP contribution in [0, 0.1) is 29.3 Å². The van der Waals surface area contributed by atoms with E-state index < -0.39 is 35.0 Å². The van der Waals surface area contributed by atoms with E-state index in [1.54, 1.807) is 0 Å². The van der Waals surface area contributed by atoms with Gasteiger partial charge in [0, 0.05) is 0 Å². The zero-order valence-corrected chi connectivity index (χ0v) is 6.15. The monoisotopic (exact) mass is 217 g/mol. The molecule has 0 N–H and O–H groups in total. The summed E-state index contributed by atoms with van der Waals surface area (Å²) in [6.07, 6.45) is -5.43. The average molecular weight is 217 g/mol. The summed E-state index contributed by atoms with van der Waals surface area (Å²) in [6.45, 7) is 0. The fourth-order valence-corrected chi connectivity index (χ4v) is 0.765. The molecule has 0 saturated heterocycles. The van der Waals surface area contributed by atoms with Crippen molar-refractivity contribution in [3.63, 3.8) is 0 Å². The van der Waals surface area contributed by atoms with Crippen molar-refractivity contribution in [3.05, 3.63) is 34.9 Å². The van der Waals surface area contributed by atoms with Crippen molar-refractivity contribution in [3.8, 4) is 0 Å². The highest BCUT2D eigenvalue weighted by Crippen LogP contribution is 2.34. The summed E-state index contributed by atoms with van der Waals surface area (Å²) in [5, 5.41) is 0. The first-order valence-corrected chi connectivity index (χ1v) is 3.07. The molecule has 1 radical (unpaired) electrons. The van der Waals surface area contributed by atoms with Gasteiger partial charge in [0.25, 0.3) is 0 Å². The normalized spacial score (nSPS) is 11.9. The topological polar surface area (TPSA) is 0 Å². The molecular weight excluding hydrogens is 217 g/mol. The Hall–Kier alpha value is -1.27. The predicted octanol–water partition coefficient (Wildman–Crippen LogP) is 3.06. The lowest BCUT2D eigenvalue weighted by Gasteiger charge is -2.09. The van der Waals surface area contributed by atoms with Gasteiger partial charge in [-0.2, -0.15) is 13.2 Å². The minimum absolute atomic E-state index is 0.786. The second kappa shape index (κ2) is 3.14. The van der Waals surface area contributed by atoms with E-state index in [4.69, 9.17) is 0 Å². The molecule has 1 aromatic carbocycles. The van der Waals surface area contributed by atoms with Crippen molar-refractivity contribution in [1.82, 2.24) is 0 Å². The van der Waals surface area contributed by atoms with Crippen molar-refractivity contribution >= 4 is 0 Å². The van der Waals surface area contributed by atoms with E-state index in [9.17, 15) is 30.7 Å². The second-order valence-corrected chi connectivity index (χ2v) is 2.25. The van der Waals surface area contributed by atoms with Gasteiger partial charge in [-0.15, -0.1) is 0 Å². The third-order valence-corrected chi connectivity index (χ3v) is 1.33. The number of alkyl halides is 3. The highest BCUT2D eigenvalue weighted by atomic mass is 19.4. The molecule has 1 aromatic rings. The molecule has 77 valence electrons. The van der Waals surface area contributed by atoms with Crippen LogP contribution in [0.3, 0.4) is 0 Å². The van der Waals surface area contributed by atoms with Crippen molar-refractivity contribution in [2.75, 3.05) is 0 Å². The summed E-state index contributed by atoms with van der Waals surface area (Å²) in [7, 11) is 0. The Morgan fingerprint density at radius 3 is 1.71 bits per heavy atom. The van der Waals surface area contributed by atoms with Crippen molar-refractivity contribution in [2.45, 2.75) is 6.18 Å². The number of hydrogen-bond donors (Lipinski definition) is 0. The van der Waals surface area contributed by atoms with Gasteiger partial charge in [0.15, 0.2) is 17.5 Å². The molecule has 0 fully saturated rings. The molecule has 1 rings (SSSR count). The Balaban J connectivity index is 3.53. The van der Waals surface area contributed by atoms with Crippen LogP contribution in [0.25, 0.3) is 0 Å². The Kier molecular flexibility index (Phi) is 2.43. The van der Waals surface area contributed by atoms with Gasteiger partial charge in [0.1, 0.15) is 11.4 Å². The fraction of sp³-hybridized carbons (Fsp3) is 0.143. The molecule has 0 amide bonds. The van der Waals surface area contributed by atoms with E-state index in [2.05, 4.69) is 0 Å². The highest BCUT2D eigenvalue weighted by Gasteiger charge is 2.40. The molecule has 0 aliphatic carbocycles. The van der Waals surface area contributed by atoms with E-state index in [1.807, 2.05) is 0 Å². The van der Waals surface area contributed by atoms with Crippen LogP contribution in [0.1, 0.15) is 5.56 Å². The molecule has 14 heavy (non-hydrogen) atoms. The van der Waals surface area contributed by atoms with E-state index in [0.29, 0.717) is 0 Å². The Morgan fingerprint density at radius 2 is 1.29 bits per heavy atom. The molecular formula is C7F7. The molecule has 0 nitrogen and oxygen atoms in total. The van der Waals surface area contributed by atoms with Crippen LogP contribution in [0.4, 0.5) is 30.7 Å². The largest absolute Gasteiger partial charge is 0.422 e. The maximum absolute atomic E-state index is 12.4. The third-order valence-electron chi connectivity index (χ3n) is 1.33. The van der Waals surface area contributed by atoms with Gasteiger partial charge in [-0.3, -0.25) is 0 Å². The molecule has 7 heteroatoms. The molecule has 0 saturated carbocycles. The van der Waals surface area contributed by atoms with Gasteiger partial charge in [-0.1, -0.05) is 0 Å². The first kappa shape index (κ1) is 10.8. The van der Waals surface area contributed by atoms with Crippen molar-refractivity contribution < 1.29 is 30.7 Å². The molecule has 0 spiro atoms. The van der Waals surface area contributed by atoms with Crippen molar-refractivity contribution in [2.24, 2.45) is 0 Å². The van der Waals surface area contributed by atoms with Crippen LogP contribution in [-0.2, 0) is 6.18 Å². The van der Waals surface area contributed by atoms with Crippen LogP contribution in [0.5, 0.6) is 0 Å². The zero-order valence-electron chi connectivity index (χ0n) is 6.15. The lowest BCUT2D eigenvalue weighted by Crippen LogP contribution is -2.14. The summed E-state index contributed by atoms with van der Waals surface area (Å²) in [5.41, 5.74) is -2.49. The average Bonchev–Trinajstić information content (AvgIpc) is 1.97. The molecule has 0 bridgehead atoms. The van der Waals surface area contributed by atoms with E-state index >= 15 is 0 Å². The quantitative estimate of drug-likeness (QED) is 0.356. The molecule has 0 atom stereocenters. The van der Waals surface area contributed by atoms with Crippen LogP contribution in [0.15, 0.2) is 0 Å². The number of hydrogen-bond acceptors (Lipinski definition) is 0. The van der Waals surface area contributed by atoms with Crippen molar-refractivity contribution in [1.29, 1.82) is 0 Å². The Morgan fingerprint density at radius 1 is 0.786 bits per heavy atom. The molecule has 0 heterocycles. The van der Waals surface area contributed by atoms with Crippen LogP contribution in [0.2, 0.25) is 0 Å². The Labute approximate surface area is 73.0 Å². The predicted molar refractivity (Wildman–Crippen MR) is 30.1 cm³/mol. The molecule has 0 unspecified atom stereocenters. The summed E-state index contributed by atoms with van der Waals surface area (Å²) >= 11 is 0. The van der Waals surface area contributed by atoms with E-state index in [1.165, 1.54) is 0 Å². The zero-order chi connectivity index (χ0) is 11.1. The highest BCUT2D eigenvalue weighted by molar-refractivity contribution is 5.24. The van der Waals surface area contributed by atoms with Crippen LogP contribution >= 0.6 is 0 Å². The summed E-state index contributed by atoms with van der Waals surface area (Å²) in [4.78, 5) is 0. The second-order valence-electron chi connectivity index (χ2n) is 2.25. The Bertz CT molecular complexity index is 365. The first-order valence-electron chi connectivity index (χ1n) is 3.07. The van der Waals surface area contributed by atoms with Crippen LogP contribution in [-0.4, -0.2) is 0 Å². The van der Waals surface area contributed by atoms with Gasteiger partial charge < -0.3 is 0 Å². The summed E-state index contributed by atoms with van der Waals surface area (Å²) in [5.74, 6) is -9.45. The first-order chi connectivity index (χ1) is 6.25. The van der Waals surface area contributed by atoms with E-state index in [0.717, 1.165) is 6.07 Å². The lowest BCUT2D eigenvalue weighted by molar-refractivity contribution is -0.142. The molecule has 0 aromatic heterocycles.